The van der Waals surface area contributed by atoms with Crippen LogP contribution in [-0.4, -0.2) is 43.6 Å². The zero-order valence-electron chi connectivity index (χ0n) is 18.8. The van der Waals surface area contributed by atoms with Gasteiger partial charge in [0.05, 0.1) is 11.9 Å². The Bertz CT molecular complexity index is 1430. The van der Waals surface area contributed by atoms with Crippen LogP contribution in [0.15, 0.2) is 67.1 Å². The molecule has 0 spiro atoms. The van der Waals surface area contributed by atoms with Gasteiger partial charge in [-0.15, -0.1) is 0 Å². The van der Waals surface area contributed by atoms with Gasteiger partial charge in [0, 0.05) is 49.8 Å². The number of hydrogen-bond donors (Lipinski definition) is 2. The van der Waals surface area contributed by atoms with Crippen LogP contribution in [0.3, 0.4) is 0 Å². The van der Waals surface area contributed by atoms with Crippen molar-refractivity contribution in [2.45, 2.75) is 31.3 Å². The Kier molecular flexibility index (Phi) is 5.48. The average molecular weight is 470 g/mol. The number of hydrogen-bond acceptors (Lipinski definition) is 7. The van der Waals surface area contributed by atoms with Gasteiger partial charge >= 0.3 is 5.97 Å². The van der Waals surface area contributed by atoms with Gasteiger partial charge in [-0.05, 0) is 22.9 Å². The smallest absolute Gasteiger partial charge is 0.359 e. The van der Waals surface area contributed by atoms with E-state index < -0.39 is 17.5 Å². The van der Waals surface area contributed by atoms with Gasteiger partial charge in [-0.25, -0.2) is 9.78 Å². The van der Waals surface area contributed by atoms with Gasteiger partial charge in [0.2, 0.25) is 5.91 Å². The van der Waals surface area contributed by atoms with Crippen LogP contribution < -0.4 is 10.6 Å². The number of nitrogens with two attached hydrogens (primary N) is 1. The van der Waals surface area contributed by atoms with E-state index in [2.05, 4.69) is 20.2 Å². The van der Waals surface area contributed by atoms with E-state index in [9.17, 15) is 14.4 Å². The number of nitrogens with zero attached hydrogens (tertiary/aromatic N) is 4. The number of primary amides is 1. The second kappa shape index (κ2) is 8.64. The molecule has 2 aromatic carbocycles. The molecule has 1 aliphatic carbocycles. The Hall–Kier alpha value is -4.60. The highest BCUT2D eigenvalue weighted by Gasteiger charge is 2.54. The van der Waals surface area contributed by atoms with Crippen LogP contribution >= 0.6 is 0 Å². The largest absolute Gasteiger partial charge is 0.444 e. The molecule has 2 aromatic heterocycles. The number of benzene rings is 2. The first-order valence-electron chi connectivity index (χ1n) is 11.0. The number of carbonyl (C=O) groups excluding carboxylic acids is 3. The molecule has 1 fully saturated rings. The van der Waals surface area contributed by atoms with E-state index in [4.69, 9.17) is 10.5 Å². The normalized spacial score (nSPS) is 19.1. The SMILES string of the molecule is CC(=O)N(c1ccc2ccccc2c1)c1cc(C2CC(OC(=O)c3cnccn3)(C(N)=O)C2)[nH]n1. The zero-order valence-corrected chi connectivity index (χ0v) is 18.8. The number of esters is 1. The van der Waals surface area contributed by atoms with Crippen molar-refractivity contribution in [1.82, 2.24) is 20.2 Å². The van der Waals surface area contributed by atoms with Gasteiger partial charge < -0.3 is 10.5 Å². The molecule has 5 rings (SSSR count). The van der Waals surface area contributed by atoms with Crippen molar-refractivity contribution in [2.24, 2.45) is 5.73 Å². The van der Waals surface area contributed by atoms with Gasteiger partial charge in [-0.2, -0.15) is 5.10 Å². The number of amides is 2. The number of H-pyrrole nitrogens is 1. The molecule has 0 unspecified atom stereocenters. The molecular formula is C25H22N6O4. The minimum atomic E-state index is -1.44. The van der Waals surface area contributed by atoms with Gasteiger partial charge in [0.15, 0.2) is 17.1 Å². The number of carbonyl (C=O) groups is 3. The number of rotatable bonds is 6. The molecule has 1 aliphatic rings. The number of aromatic nitrogens is 4. The van der Waals surface area contributed by atoms with Crippen molar-refractivity contribution in [2.75, 3.05) is 4.90 Å². The van der Waals surface area contributed by atoms with Crippen molar-refractivity contribution >= 4 is 40.1 Å². The molecule has 0 bridgehead atoms. The third kappa shape index (κ3) is 4.10. The third-order valence-corrected chi connectivity index (χ3v) is 6.22. The molecule has 35 heavy (non-hydrogen) atoms. The van der Waals surface area contributed by atoms with Crippen molar-refractivity contribution in [3.8, 4) is 0 Å². The Morgan fingerprint density at radius 1 is 1.09 bits per heavy atom. The van der Waals surface area contributed by atoms with E-state index in [1.807, 2.05) is 42.5 Å². The summed E-state index contributed by atoms with van der Waals surface area (Å²) in [5, 5.41) is 9.36. The molecule has 1 saturated carbocycles. The molecule has 0 saturated heterocycles. The molecule has 3 N–H and O–H groups in total. The number of aromatic amines is 1. The lowest BCUT2D eigenvalue weighted by Gasteiger charge is -2.43. The lowest BCUT2D eigenvalue weighted by atomic mass is 9.68. The van der Waals surface area contributed by atoms with Crippen LogP contribution in [0.5, 0.6) is 0 Å². The Morgan fingerprint density at radius 3 is 2.54 bits per heavy atom. The quantitative estimate of drug-likeness (QED) is 0.412. The fraction of sp³-hybridized carbons (Fsp3) is 0.200. The number of fused-ring (bicyclic) bond motifs is 1. The first-order valence-corrected chi connectivity index (χ1v) is 11.0. The summed E-state index contributed by atoms with van der Waals surface area (Å²) in [6, 6.07) is 15.4. The van der Waals surface area contributed by atoms with E-state index in [0.29, 0.717) is 17.2 Å². The van der Waals surface area contributed by atoms with Gasteiger partial charge in [-0.1, -0.05) is 30.3 Å². The number of ether oxygens (including phenoxy) is 1. The second-order valence-electron chi connectivity index (χ2n) is 8.51. The van der Waals surface area contributed by atoms with Crippen molar-refractivity contribution in [3.63, 3.8) is 0 Å². The Morgan fingerprint density at radius 2 is 1.86 bits per heavy atom. The topological polar surface area (TPSA) is 144 Å². The van der Waals surface area contributed by atoms with Crippen LogP contribution in [0.1, 0.15) is 41.9 Å². The molecule has 4 aromatic rings. The fourth-order valence-corrected chi connectivity index (χ4v) is 4.37. The average Bonchev–Trinajstić information content (AvgIpc) is 3.30. The first-order chi connectivity index (χ1) is 16.9. The van der Waals surface area contributed by atoms with E-state index >= 15 is 0 Å². The number of anilines is 2. The van der Waals surface area contributed by atoms with Crippen LogP contribution in [0, 0.1) is 0 Å². The maximum Gasteiger partial charge on any atom is 0.359 e. The highest BCUT2D eigenvalue weighted by molar-refractivity contribution is 6.00. The molecule has 176 valence electrons. The number of nitrogens with one attached hydrogen (secondary N) is 1. The monoisotopic (exact) mass is 470 g/mol. The van der Waals surface area contributed by atoms with Crippen molar-refractivity contribution < 1.29 is 19.1 Å². The summed E-state index contributed by atoms with van der Waals surface area (Å²) in [5.74, 6) is -1.43. The summed E-state index contributed by atoms with van der Waals surface area (Å²) < 4.78 is 5.46. The predicted octanol–water partition coefficient (Wildman–Crippen LogP) is 3.00. The third-order valence-electron chi connectivity index (χ3n) is 6.22. The first kappa shape index (κ1) is 22.2. The standard InChI is InChI=1S/C25H22N6O4/c1-15(32)31(19-7-6-16-4-2-3-5-17(16)10-19)22-11-20(29-30-22)18-12-25(13-18,24(26)34)35-23(33)21-14-27-8-9-28-21/h2-11,14,18H,12-13H2,1H3,(H2,26,34)(H,29,30). The summed E-state index contributed by atoms with van der Waals surface area (Å²) in [5.41, 5.74) is 5.53. The second-order valence-corrected chi connectivity index (χ2v) is 8.51. The predicted molar refractivity (Wildman–Crippen MR) is 127 cm³/mol. The highest BCUT2D eigenvalue weighted by Crippen LogP contribution is 2.47. The van der Waals surface area contributed by atoms with Crippen LogP contribution in [0.4, 0.5) is 11.5 Å². The summed E-state index contributed by atoms with van der Waals surface area (Å²) in [7, 11) is 0. The molecule has 10 heteroatoms. The molecular weight excluding hydrogens is 448 g/mol. The lowest BCUT2D eigenvalue weighted by molar-refractivity contribution is -0.149. The molecule has 10 nitrogen and oxygen atoms in total. The zero-order chi connectivity index (χ0) is 24.6. The minimum Gasteiger partial charge on any atom is -0.444 e. The van der Waals surface area contributed by atoms with Crippen LogP contribution in [0.2, 0.25) is 0 Å². The Balaban J connectivity index is 1.35. The van der Waals surface area contributed by atoms with Crippen molar-refractivity contribution in [3.05, 3.63) is 78.5 Å². The maximum absolute atomic E-state index is 12.5. The lowest BCUT2D eigenvalue weighted by Crippen LogP contribution is -2.56. The molecule has 0 radical (unpaired) electrons. The van der Waals surface area contributed by atoms with Gasteiger partial charge in [0.1, 0.15) is 0 Å². The summed E-state index contributed by atoms with van der Waals surface area (Å²) in [6.45, 7) is 1.47. The van der Waals surface area contributed by atoms with Crippen LogP contribution in [0.25, 0.3) is 10.8 Å². The molecule has 2 amide bonds. The molecule has 0 atom stereocenters. The van der Waals surface area contributed by atoms with Crippen molar-refractivity contribution in [1.29, 1.82) is 0 Å². The molecule has 0 aliphatic heterocycles. The highest BCUT2D eigenvalue weighted by atomic mass is 16.6. The summed E-state index contributed by atoms with van der Waals surface area (Å²) in [6.07, 6.45) is 4.42. The Labute approximate surface area is 200 Å². The van der Waals surface area contributed by atoms with Gasteiger partial charge in [-0.3, -0.25) is 24.6 Å². The van der Waals surface area contributed by atoms with Crippen LogP contribution in [-0.2, 0) is 14.3 Å². The van der Waals surface area contributed by atoms with E-state index in [-0.39, 0.29) is 30.4 Å². The van der Waals surface area contributed by atoms with Gasteiger partial charge in [0.25, 0.3) is 5.91 Å². The van der Waals surface area contributed by atoms with E-state index in [1.54, 1.807) is 6.07 Å². The van der Waals surface area contributed by atoms with E-state index in [0.717, 1.165) is 10.8 Å². The summed E-state index contributed by atoms with van der Waals surface area (Å²) >= 11 is 0. The summed E-state index contributed by atoms with van der Waals surface area (Å²) in [4.78, 5) is 46.4. The van der Waals surface area contributed by atoms with E-state index in [1.165, 1.54) is 30.4 Å². The molecule has 2 heterocycles. The maximum atomic E-state index is 12.5. The minimum absolute atomic E-state index is 0.00659. The fourth-order valence-electron chi connectivity index (χ4n) is 4.37.